The van der Waals surface area contributed by atoms with E-state index in [2.05, 4.69) is 25.9 Å². The highest BCUT2D eigenvalue weighted by molar-refractivity contribution is 5.92. The van der Waals surface area contributed by atoms with Crippen molar-refractivity contribution in [2.45, 2.75) is 78.0 Å². The highest BCUT2D eigenvalue weighted by Crippen LogP contribution is 2.26. The van der Waals surface area contributed by atoms with Crippen LogP contribution >= 0.6 is 0 Å². The van der Waals surface area contributed by atoms with E-state index in [-0.39, 0.29) is 11.7 Å². The van der Waals surface area contributed by atoms with E-state index in [0.29, 0.717) is 18.1 Å². The molecule has 0 atom stereocenters. The molecule has 1 aliphatic carbocycles. The van der Waals surface area contributed by atoms with Crippen molar-refractivity contribution in [3.05, 3.63) is 34.8 Å². The average Bonchev–Trinajstić information content (AvgIpc) is 3.15. The highest BCUT2D eigenvalue weighted by atomic mass is 16.4. The molecule has 2 aromatic heterocycles. The number of carbonyl (C=O) groups is 1. The number of rotatable bonds is 4. The van der Waals surface area contributed by atoms with Gasteiger partial charge < -0.3 is 9.73 Å². The van der Waals surface area contributed by atoms with Gasteiger partial charge in [-0.25, -0.2) is 4.98 Å². The molecule has 0 unspecified atom stereocenters. The fourth-order valence-electron chi connectivity index (χ4n) is 4.38. The third-order valence-corrected chi connectivity index (χ3v) is 5.73. The summed E-state index contributed by atoms with van der Waals surface area (Å²) in [6.45, 7) is 7.00. The number of oxazole rings is 1. The van der Waals surface area contributed by atoms with Crippen molar-refractivity contribution in [1.29, 1.82) is 0 Å². The Bertz CT molecular complexity index is 803. The average molecular weight is 371 g/mol. The van der Waals surface area contributed by atoms with Crippen LogP contribution in [0.5, 0.6) is 0 Å². The van der Waals surface area contributed by atoms with Crippen LogP contribution in [0.4, 0.5) is 0 Å². The third-order valence-electron chi connectivity index (χ3n) is 5.73. The second-order valence-electron chi connectivity index (χ2n) is 7.80. The van der Waals surface area contributed by atoms with Gasteiger partial charge >= 0.3 is 0 Å². The lowest BCUT2D eigenvalue weighted by Crippen LogP contribution is -2.36. The Morgan fingerprint density at radius 1 is 1.22 bits per heavy atom. The normalized spacial score (nSPS) is 18.9. The van der Waals surface area contributed by atoms with Crippen molar-refractivity contribution >= 4 is 5.91 Å². The molecule has 27 heavy (non-hydrogen) atoms. The lowest BCUT2D eigenvalue weighted by atomic mass is 9.94. The van der Waals surface area contributed by atoms with Crippen LogP contribution in [-0.2, 0) is 19.6 Å². The molecule has 7 nitrogen and oxygen atoms in total. The summed E-state index contributed by atoms with van der Waals surface area (Å²) in [5.74, 6) is 0.561. The van der Waals surface area contributed by atoms with Gasteiger partial charge in [0.15, 0.2) is 5.89 Å². The Hall–Kier alpha value is -2.15. The summed E-state index contributed by atoms with van der Waals surface area (Å²) in [6.07, 6.45) is 7.89. The Morgan fingerprint density at radius 3 is 2.78 bits per heavy atom. The van der Waals surface area contributed by atoms with Crippen molar-refractivity contribution in [3.8, 4) is 0 Å². The largest absolute Gasteiger partial charge is 0.436 e. The molecule has 3 heterocycles. The fourth-order valence-corrected chi connectivity index (χ4v) is 4.38. The van der Waals surface area contributed by atoms with Crippen LogP contribution in [0.2, 0.25) is 0 Å². The molecule has 0 aromatic carbocycles. The smallest absolute Gasteiger partial charge is 0.289 e. The van der Waals surface area contributed by atoms with Gasteiger partial charge in [0, 0.05) is 32.6 Å². The Kier molecular flexibility index (Phi) is 5.29. The molecule has 1 fully saturated rings. The molecule has 0 radical (unpaired) electrons. The van der Waals surface area contributed by atoms with Gasteiger partial charge in [-0.1, -0.05) is 19.3 Å². The number of hydrogen-bond acceptors (Lipinski definition) is 5. The quantitative estimate of drug-likeness (QED) is 0.894. The maximum Gasteiger partial charge on any atom is 0.289 e. The number of amides is 1. The molecule has 4 rings (SSSR count). The molecule has 146 valence electrons. The molecule has 1 aliphatic heterocycles. The molecule has 0 spiro atoms. The van der Waals surface area contributed by atoms with Gasteiger partial charge in [0.1, 0.15) is 0 Å². The van der Waals surface area contributed by atoms with Crippen LogP contribution in [0.1, 0.15) is 72.1 Å². The van der Waals surface area contributed by atoms with Gasteiger partial charge in [-0.3, -0.25) is 14.4 Å². The minimum absolute atomic E-state index is 0.236. The summed E-state index contributed by atoms with van der Waals surface area (Å²) >= 11 is 0. The summed E-state index contributed by atoms with van der Waals surface area (Å²) in [6, 6.07) is 2.86. The first-order valence-electron chi connectivity index (χ1n) is 10.1. The van der Waals surface area contributed by atoms with E-state index in [0.717, 1.165) is 37.8 Å². The van der Waals surface area contributed by atoms with Crippen LogP contribution in [-0.4, -0.2) is 38.2 Å². The molecule has 0 bridgehead atoms. The van der Waals surface area contributed by atoms with E-state index in [9.17, 15) is 4.79 Å². The van der Waals surface area contributed by atoms with Crippen LogP contribution < -0.4 is 5.32 Å². The zero-order chi connectivity index (χ0) is 18.8. The van der Waals surface area contributed by atoms with E-state index in [1.807, 2.05) is 0 Å². The number of fused-ring (bicyclic) bond motifs is 1. The topological polar surface area (TPSA) is 76.2 Å². The fraction of sp³-hybridized carbons (Fsp3) is 0.650. The van der Waals surface area contributed by atoms with E-state index in [1.165, 1.54) is 37.8 Å². The predicted molar refractivity (Wildman–Crippen MR) is 101 cm³/mol. The summed E-state index contributed by atoms with van der Waals surface area (Å²) in [5, 5.41) is 7.62. The number of aromatic nitrogens is 3. The van der Waals surface area contributed by atoms with Crippen LogP contribution in [0.15, 0.2) is 10.5 Å². The second kappa shape index (κ2) is 7.84. The maximum absolute atomic E-state index is 12.3. The van der Waals surface area contributed by atoms with Gasteiger partial charge in [0.25, 0.3) is 5.91 Å². The number of nitrogens with one attached hydrogen (secondary N) is 1. The van der Waals surface area contributed by atoms with Gasteiger partial charge in [0.05, 0.1) is 23.6 Å². The predicted octanol–water partition coefficient (Wildman–Crippen LogP) is 2.96. The van der Waals surface area contributed by atoms with E-state index >= 15 is 0 Å². The van der Waals surface area contributed by atoms with Gasteiger partial charge in [-0.2, -0.15) is 5.10 Å². The van der Waals surface area contributed by atoms with Crippen molar-refractivity contribution in [1.82, 2.24) is 25.0 Å². The Labute approximate surface area is 160 Å². The number of aryl methyl sites for hydroxylation is 3. The zero-order valence-electron chi connectivity index (χ0n) is 16.3. The Balaban J connectivity index is 1.40. The molecular formula is C20H29N5O2. The standard InChI is InChI=1S/C20H29N5O2/c1-14-19(27-15(2)22-14)20(26)21-12-16-11-18-13-24(9-6-10-25(18)23-16)17-7-4-3-5-8-17/h11,17H,3-10,12-13H2,1-2H3,(H,21,26). The molecule has 0 saturated heterocycles. The zero-order valence-corrected chi connectivity index (χ0v) is 16.3. The van der Waals surface area contributed by atoms with Crippen molar-refractivity contribution in [2.75, 3.05) is 6.54 Å². The first kappa shape index (κ1) is 18.2. The molecule has 1 saturated carbocycles. The second-order valence-corrected chi connectivity index (χ2v) is 7.80. The molecule has 2 aliphatic rings. The van der Waals surface area contributed by atoms with Crippen molar-refractivity contribution < 1.29 is 9.21 Å². The summed E-state index contributed by atoms with van der Waals surface area (Å²) in [4.78, 5) is 19.1. The Morgan fingerprint density at radius 2 is 2.04 bits per heavy atom. The van der Waals surface area contributed by atoms with Gasteiger partial charge in [0.2, 0.25) is 5.76 Å². The summed E-state index contributed by atoms with van der Waals surface area (Å²) < 4.78 is 7.51. The lowest BCUT2D eigenvalue weighted by Gasteiger charge is -2.33. The van der Waals surface area contributed by atoms with Crippen LogP contribution in [0, 0.1) is 13.8 Å². The number of nitrogens with zero attached hydrogens (tertiary/aromatic N) is 4. The lowest BCUT2D eigenvalue weighted by molar-refractivity contribution is 0.0920. The molecule has 7 heteroatoms. The monoisotopic (exact) mass is 371 g/mol. The molecular weight excluding hydrogens is 342 g/mol. The molecule has 2 aromatic rings. The minimum Gasteiger partial charge on any atom is -0.436 e. The van der Waals surface area contributed by atoms with E-state index in [1.54, 1.807) is 13.8 Å². The number of hydrogen-bond donors (Lipinski definition) is 1. The van der Waals surface area contributed by atoms with Crippen molar-refractivity contribution in [2.24, 2.45) is 0 Å². The van der Waals surface area contributed by atoms with Crippen LogP contribution in [0.25, 0.3) is 0 Å². The van der Waals surface area contributed by atoms with Gasteiger partial charge in [-0.15, -0.1) is 0 Å². The molecule has 1 amide bonds. The van der Waals surface area contributed by atoms with E-state index < -0.39 is 0 Å². The summed E-state index contributed by atoms with van der Waals surface area (Å²) in [7, 11) is 0. The first-order valence-corrected chi connectivity index (χ1v) is 10.1. The summed E-state index contributed by atoms with van der Waals surface area (Å²) in [5.41, 5.74) is 2.78. The molecule has 1 N–H and O–H groups in total. The van der Waals surface area contributed by atoms with E-state index in [4.69, 9.17) is 9.52 Å². The SMILES string of the molecule is Cc1nc(C)c(C(=O)NCc2cc3n(n2)CCCN(C2CCCCC2)C3)o1. The first-order chi connectivity index (χ1) is 13.1. The minimum atomic E-state index is -0.236. The highest BCUT2D eigenvalue weighted by Gasteiger charge is 2.25. The third kappa shape index (κ3) is 4.08. The number of carbonyl (C=O) groups excluding carboxylic acids is 1. The van der Waals surface area contributed by atoms with Crippen LogP contribution in [0.3, 0.4) is 0 Å². The van der Waals surface area contributed by atoms with Gasteiger partial charge in [-0.05, 0) is 32.3 Å². The maximum atomic E-state index is 12.3. The van der Waals surface area contributed by atoms with Crippen molar-refractivity contribution in [3.63, 3.8) is 0 Å².